The molecule has 1 nitrogen and oxygen atoms in total. The van der Waals surface area contributed by atoms with Gasteiger partial charge in [0.1, 0.15) is 0 Å². The molecule has 2 bridgehead atoms. The molecule has 1 N–H and O–H groups in total. The summed E-state index contributed by atoms with van der Waals surface area (Å²) in [5.41, 5.74) is 2.20. The lowest BCUT2D eigenvalue weighted by atomic mass is 9.68. The van der Waals surface area contributed by atoms with E-state index < -0.39 is 0 Å². The lowest BCUT2D eigenvalue weighted by Crippen LogP contribution is -2.51. The molecule has 2 aliphatic rings. The lowest BCUT2D eigenvalue weighted by molar-refractivity contribution is 0.0976. The summed E-state index contributed by atoms with van der Waals surface area (Å²) >= 11 is 6.18. The van der Waals surface area contributed by atoms with Crippen LogP contribution in [0.5, 0.6) is 0 Å². The Morgan fingerprint density at radius 3 is 2.67 bits per heavy atom. The van der Waals surface area contributed by atoms with Crippen LogP contribution in [-0.4, -0.2) is 6.04 Å². The largest absolute Gasteiger partial charge is 0.306 e. The first-order valence-corrected chi connectivity index (χ1v) is 8.76. The molecule has 0 amide bonds. The van der Waals surface area contributed by atoms with Gasteiger partial charge in [0.15, 0.2) is 0 Å². The Labute approximate surface area is 134 Å². The first kappa shape index (κ1) is 15.4. The number of hydrogen-bond donors (Lipinski definition) is 1. The average Bonchev–Trinajstić information content (AvgIpc) is 2.90. The van der Waals surface area contributed by atoms with Gasteiger partial charge < -0.3 is 5.32 Å². The summed E-state index contributed by atoms with van der Waals surface area (Å²) in [6.07, 6.45) is 5.29. The van der Waals surface area contributed by atoms with E-state index in [0.717, 1.165) is 17.4 Å². The van der Waals surface area contributed by atoms with E-state index in [9.17, 15) is 0 Å². The molecule has 21 heavy (non-hydrogen) atoms. The van der Waals surface area contributed by atoms with Gasteiger partial charge >= 0.3 is 0 Å². The molecule has 2 fully saturated rings. The highest BCUT2D eigenvalue weighted by Gasteiger charge is 2.59. The maximum absolute atomic E-state index is 6.18. The standard InChI is InChI=1S/C19H28ClN/c1-5-16(13-7-6-8-15(20)11-13)21-17-18(2,3)14-9-10-19(17,4)12-14/h6-8,11,14,16-17,21H,5,9-10,12H2,1-4H3. The Morgan fingerprint density at radius 1 is 1.33 bits per heavy atom. The molecule has 3 rings (SSSR count). The Hall–Kier alpha value is -0.530. The molecule has 0 aromatic heterocycles. The van der Waals surface area contributed by atoms with Crippen LogP contribution < -0.4 is 5.32 Å². The van der Waals surface area contributed by atoms with Crippen molar-refractivity contribution in [3.05, 3.63) is 34.9 Å². The Balaban J connectivity index is 1.84. The Kier molecular flexibility index (Phi) is 3.86. The second kappa shape index (κ2) is 5.28. The molecule has 0 saturated heterocycles. The normalized spacial score (nSPS) is 35.1. The van der Waals surface area contributed by atoms with Crippen molar-refractivity contribution in [2.45, 2.75) is 65.5 Å². The first-order chi connectivity index (χ1) is 9.87. The highest BCUT2D eigenvalue weighted by atomic mass is 35.5. The van der Waals surface area contributed by atoms with E-state index in [1.165, 1.54) is 24.8 Å². The van der Waals surface area contributed by atoms with E-state index in [1.807, 2.05) is 6.07 Å². The predicted molar refractivity (Wildman–Crippen MR) is 90.6 cm³/mol. The minimum Gasteiger partial charge on any atom is -0.306 e. The van der Waals surface area contributed by atoms with Gasteiger partial charge in [0.05, 0.1) is 0 Å². The third-order valence-corrected chi connectivity index (χ3v) is 6.53. The summed E-state index contributed by atoms with van der Waals surface area (Å²) in [5.74, 6) is 0.886. The van der Waals surface area contributed by atoms with Crippen molar-refractivity contribution >= 4 is 11.6 Å². The van der Waals surface area contributed by atoms with Gasteiger partial charge in [-0.1, -0.05) is 51.4 Å². The van der Waals surface area contributed by atoms with E-state index in [-0.39, 0.29) is 0 Å². The fourth-order valence-corrected chi connectivity index (χ4v) is 5.29. The van der Waals surface area contributed by atoms with Gasteiger partial charge in [-0.2, -0.15) is 0 Å². The maximum Gasteiger partial charge on any atom is 0.0409 e. The third kappa shape index (κ3) is 2.53. The maximum atomic E-state index is 6.18. The second-order valence-corrected chi connectivity index (χ2v) is 8.47. The number of rotatable bonds is 4. The summed E-state index contributed by atoms with van der Waals surface area (Å²) in [7, 11) is 0. The predicted octanol–water partition coefficient (Wildman–Crippen LogP) is 5.60. The third-order valence-electron chi connectivity index (χ3n) is 6.30. The summed E-state index contributed by atoms with van der Waals surface area (Å²) in [6.45, 7) is 9.68. The fraction of sp³-hybridized carbons (Fsp3) is 0.684. The molecule has 0 spiro atoms. The topological polar surface area (TPSA) is 12.0 Å². The summed E-state index contributed by atoms with van der Waals surface area (Å²) in [4.78, 5) is 0. The van der Waals surface area contributed by atoms with Crippen molar-refractivity contribution in [2.24, 2.45) is 16.7 Å². The fourth-order valence-electron chi connectivity index (χ4n) is 5.09. The zero-order chi connectivity index (χ0) is 15.3. The van der Waals surface area contributed by atoms with Crippen LogP contribution in [0.3, 0.4) is 0 Å². The van der Waals surface area contributed by atoms with Gasteiger partial charge in [-0.25, -0.2) is 0 Å². The van der Waals surface area contributed by atoms with Crippen LogP contribution in [0.2, 0.25) is 5.02 Å². The number of halogens is 1. The van der Waals surface area contributed by atoms with Crippen LogP contribution in [0.15, 0.2) is 24.3 Å². The Morgan fingerprint density at radius 2 is 2.10 bits per heavy atom. The molecule has 4 unspecified atom stereocenters. The highest BCUT2D eigenvalue weighted by molar-refractivity contribution is 6.30. The molecular formula is C19H28ClN. The average molecular weight is 306 g/mol. The molecule has 2 heteroatoms. The molecule has 116 valence electrons. The number of nitrogens with one attached hydrogen (secondary N) is 1. The molecule has 4 atom stereocenters. The highest BCUT2D eigenvalue weighted by Crippen LogP contribution is 2.62. The molecule has 0 radical (unpaired) electrons. The van der Waals surface area contributed by atoms with Gasteiger partial charge in [-0.3, -0.25) is 0 Å². The van der Waals surface area contributed by atoms with Crippen LogP contribution in [-0.2, 0) is 0 Å². The molecule has 2 saturated carbocycles. The van der Waals surface area contributed by atoms with E-state index >= 15 is 0 Å². The van der Waals surface area contributed by atoms with E-state index in [1.54, 1.807) is 0 Å². The van der Waals surface area contributed by atoms with Crippen molar-refractivity contribution in [3.8, 4) is 0 Å². The van der Waals surface area contributed by atoms with Crippen molar-refractivity contribution < 1.29 is 0 Å². The molecule has 1 aromatic carbocycles. The van der Waals surface area contributed by atoms with Crippen molar-refractivity contribution in [1.29, 1.82) is 0 Å². The minimum atomic E-state index is 0.402. The zero-order valence-corrected chi connectivity index (χ0v) is 14.5. The summed E-state index contributed by atoms with van der Waals surface area (Å²) in [6, 6.07) is 9.36. The number of fused-ring (bicyclic) bond motifs is 2. The Bertz CT molecular complexity index is 519. The van der Waals surface area contributed by atoms with Crippen LogP contribution in [0.25, 0.3) is 0 Å². The van der Waals surface area contributed by atoms with E-state index in [0.29, 0.717) is 22.9 Å². The van der Waals surface area contributed by atoms with Gasteiger partial charge in [0, 0.05) is 17.1 Å². The molecule has 1 aromatic rings. The molecule has 0 aliphatic heterocycles. The van der Waals surface area contributed by atoms with Crippen molar-refractivity contribution in [1.82, 2.24) is 5.32 Å². The van der Waals surface area contributed by atoms with Gasteiger partial charge in [0.25, 0.3) is 0 Å². The van der Waals surface area contributed by atoms with Gasteiger partial charge in [-0.15, -0.1) is 0 Å². The quantitative estimate of drug-likeness (QED) is 0.764. The monoisotopic (exact) mass is 305 g/mol. The lowest BCUT2D eigenvalue weighted by Gasteiger charge is -2.45. The second-order valence-electron chi connectivity index (χ2n) is 8.03. The van der Waals surface area contributed by atoms with Gasteiger partial charge in [-0.05, 0) is 60.1 Å². The van der Waals surface area contributed by atoms with Crippen LogP contribution in [0, 0.1) is 16.7 Å². The SMILES string of the molecule is CCC(NC1C2(C)CCC(C2)C1(C)C)c1cccc(Cl)c1. The van der Waals surface area contributed by atoms with Crippen LogP contribution in [0.1, 0.15) is 65.0 Å². The summed E-state index contributed by atoms with van der Waals surface area (Å²) in [5, 5.41) is 4.85. The minimum absolute atomic E-state index is 0.402. The van der Waals surface area contributed by atoms with Crippen LogP contribution in [0.4, 0.5) is 0 Å². The molecule has 2 aliphatic carbocycles. The van der Waals surface area contributed by atoms with Gasteiger partial charge in [0.2, 0.25) is 0 Å². The number of hydrogen-bond acceptors (Lipinski definition) is 1. The summed E-state index contributed by atoms with van der Waals surface area (Å²) < 4.78 is 0. The van der Waals surface area contributed by atoms with E-state index in [4.69, 9.17) is 11.6 Å². The smallest absolute Gasteiger partial charge is 0.0409 e. The van der Waals surface area contributed by atoms with Crippen molar-refractivity contribution in [3.63, 3.8) is 0 Å². The molecular weight excluding hydrogens is 278 g/mol. The first-order valence-electron chi connectivity index (χ1n) is 8.38. The van der Waals surface area contributed by atoms with E-state index in [2.05, 4.69) is 51.2 Å². The van der Waals surface area contributed by atoms with Crippen LogP contribution >= 0.6 is 11.6 Å². The number of benzene rings is 1. The zero-order valence-electron chi connectivity index (χ0n) is 13.7. The molecule has 0 heterocycles. The van der Waals surface area contributed by atoms with Crippen molar-refractivity contribution in [2.75, 3.05) is 0 Å².